The summed E-state index contributed by atoms with van der Waals surface area (Å²) < 4.78 is 0. The highest BCUT2D eigenvalue weighted by molar-refractivity contribution is 5.81. The molecule has 1 saturated heterocycles. The van der Waals surface area contributed by atoms with Crippen molar-refractivity contribution in [2.24, 2.45) is 5.73 Å². The van der Waals surface area contributed by atoms with Gasteiger partial charge in [0.2, 0.25) is 5.91 Å². The Morgan fingerprint density at radius 3 is 2.88 bits per heavy atom. The van der Waals surface area contributed by atoms with Crippen LogP contribution in [0.25, 0.3) is 0 Å². The molecule has 1 fully saturated rings. The van der Waals surface area contributed by atoms with Crippen molar-refractivity contribution in [3.8, 4) is 0 Å². The minimum absolute atomic E-state index is 0.0480. The Morgan fingerprint density at radius 1 is 1.47 bits per heavy atom. The molecule has 0 saturated carbocycles. The summed E-state index contributed by atoms with van der Waals surface area (Å²) in [5.41, 5.74) is 5.83. The highest BCUT2D eigenvalue weighted by Gasteiger charge is 2.27. The Hall–Kier alpha value is -0.610. The van der Waals surface area contributed by atoms with Crippen LogP contribution in [0.3, 0.4) is 0 Å². The van der Waals surface area contributed by atoms with Gasteiger partial charge in [0.15, 0.2) is 0 Å². The fourth-order valence-electron chi connectivity index (χ4n) is 2.51. The predicted molar refractivity (Wildman–Crippen MR) is 70.8 cm³/mol. The van der Waals surface area contributed by atoms with Crippen molar-refractivity contribution in [2.75, 3.05) is 19.6 Å². The lowest BCUT2D eigenvalue weighted by Gasteiger charge is -2.33. The largest absolute Gasteiger partial charge is 0.355 e. The van der Waals surface area contributed by atoms with E-state index in [-0.39, 0.29) is 11.9 Å². The number of hydrogen-bond donors (Lipinski definition) is 2. The Labute approximate surface area is 105 Å². The molecule has 0 aromatic heterocycles. The first-order valence-corrected chi connectivity index (χ1v) is 6.94. The molecule has 4 nitrogen and oxygen atoms in total. The fraction of sp³-hybridized carbons (Fsp3) is 0.923. The Morgan fingerprint density at radius 2 is 2.24 bits per heavy atom. The van der Waals surface area contributed by atoms with Gasteiger partial charge in [-0.15, -0.1) is 0 Å². The van der Waals surface area contributed by atoms with Gasteiger partial charge in [0, 0.05) is 19.1 Å². The summed E-state index contributed by atoms with van der Waals surface area (Å²) >= 11 is 0. The number of hydrogen-bond acceptors (Lipinski definition) is 3. The number of amides is 1. The first kappa shape index (κ1) is 14.5. The van der Waals surface area contributed by atoms with Crippen LogP contribution in [-0.4, -0.2) is 42.5 Å². The number of rotatable bonds is 5. The quantitative estimate of drug-likeness (QED) is 0.758. The molecule has 0 radical (unpaired) electrons. The second-order valence-electron chi connectivity index (χ2n) is 4.94. The Balaban J connectivity index is 2.56. The van der Waals surface area contributed by atoms with Crippen LogP contribution in [0.5, 0.6) is 0 Å². The van der Waals surface area contributed by atoms with Crippen molar-refractivity contribution < 1.29 is 4.79 Å². The number of carbonyl (C=O) groups excluding carboxylic acids is 1. The molecular weight excluding hydrogens is 214 g/mol. The van der Waals surface area contributed by atoms with Crippen LogP contribution in [0.2, 0.25) is 0 Å². The van der Waals surface area contributed by atoms with E-state index in [1.807, 2.05) is 6.92 Å². The summed E-state index contributed by atoms with van der Waals surface area (Å²) in [7, 11) is 0. The molecule has 0 spiro atoms. The fourth-order valence-corrected chi connectivity index (χ4v) is 2.51. The van der Waals surface area contributed by atoms with E-state index in [0.29, 0.717) is 12.6 Å². The maximum Gasteiger partial charge on any atom is 0.237 e. The Bertz CT molecular complexity index is 233. The smallest absolute Gasteiger partial charge is 0.237 e. The van der Waals surface area contributed by atoms with Crippen LogP contribution in [0.15, 0.2) is 0 Å². The van der Waals surface area contributed by atoms with E-state index in [0.717, 1.165) is 25.9 Å². The van der Waals surface area contributed by atoms with Crippen molar-refractivity contribution in [3.05, 3.63) is 0 Å². The van der Waals surface area contributed by atoms with Crippen LogP contribution in [0.4, 0.5) is 0 Å². The number of nitrogens with zero attached hydrogens (tertiary/aromatic N) is 1. The van der Waals surface area contributed by atoms with Gasteiger partial charge >= 0.3 is 0 Å². The average molecular weight is 241 g/mol. The van der Waals surface area contributed by atoms with Gasteiger partial charge in [-0.3, -0.25) is 9.69 Å². The lowest BCUT2D eigenvalue weighted by Crippen LogP contribution is -2.51. The van der Waals surface area contributed by atoms with Crippen molar-refractivity contribution in [1.82, 2.24) is 10.2 Å². The van der Waals surface area contributed by atoms with Crippen LogP contribution in [-0.2, 0) is 4.79 Å². The molecule has 1 amide bonds. The SMILES string of the molecule is CCCNC(=O)C(C)N1CCCCCC1CN. The zero-order chi connectivity index (χ0) is 12.7. The van der Waals surface area contributed by atoms with Crippen molar-refractivity contribution >= 4 is 5.91 Å². The third kappa shape index (κ3) is 4.28. The average Bonchev–Trinajstić information content (AvgIpc) is 2.59. The van der Waals surface area contributed by atoms with Gasteiger partial charge in [-0.25, -0.2) is 0 Å². The van der Waals surface area contributed by atoms with Crippen molar-refractivity contribution in [1.29, 1.82) is 0 Å². The van der Waals surface area contributed by atoms with Crippen molar-refractivity contribution in [3.63, 3.8) is 0 Å². The van der Waals surface area contributed by atoms with Crippen LogP contribution in [0, 0.1) is 0 Å². The van der Waals surface area contributed by atoms with E-state index in [9.17, 15) is 4.79 Å². The predicted octanol–water partition coefficient (Wildman–Crippen LogP) is 1.10. The molecule has 1 aliphatic heterocycles. The molecule has 100 valence electrons. The topological polar surface area (TPSA) is 58.4 Å². The zero-order valence-electron chi connectivity index (χ0n) is 11.2. The van der Waals surface area contributed by atoms with Gasteiger partial charge < -0.3 is 11.1 Å². The Kier molecular flexibility index (Phi) is 6.52. The molecule has 2 unspecified atom stereocenters. The standard InChI is InChI=1S/C13H27N3O/c1-3-8-15-13(17)11(2)16-9-6-4-5-7-12(16)10-14/h11-12H,3-10,14H2,1-2H3,(H,15,17). The van der Waals surface area contributed by atoms with Gasteiger partial charge in [-0.2, -0.15) is 0 Å². The van der Waals surface area contributed by atoms with E-state index in [1.165, 1.54) is 19.3 Å². The summed E-state index contributed by atoms with van der Waals surface area (Å²) in [5, 5.41) is 2.97. The monoisotopic (exact) mass is 241 g/mol. The highest BCUT2D eigenvalue weighted by atomic mass is 16.2. The van der Waals surface area contributed by atoms with Gasteiger partial charge in [0.1, 0.15) is 0 Å². The van der Waals surface area contributed by atoms with Crippen LogP contribution in [0.1, 0.15) is 46.0 Å². The maximum atomic E-state index is 12.0. The molecule has 0 aliphatic carbocycles. The second-order valence-corrected chi connectivity index (χ2v) is 4.94. The molecule has 0 bridgehead atoms. The van der Waals surface area contributed by atoms with E-state index in [1.54, 1.807) is 0 Å². The number of carbonyl (C=O) groups is 1. The summed E-state index contributed by atoms with van der Waals surface area (Å²) in [4.78, 5) is 14.3. The van der Waals surface area contributed by atoms with Gasteiger partial charge in [-0.05, 0) is 32.7 Å². The molecule has 1 aliphatic rings. The third-order valence-electron chi connectivity index (χ3n) is 3.62. The molecule has 1 rings (SSSR count). The number of nitrogens with one attached hydrogen (secondary N) is 1. The zero-order valence-corrected chi connectivity index (χ0v) is 11.2. The molecule has 4 heteroatoms. The summed E-state index contributed by atoms with van der Waals surface area (Å²) in [5.74, 6) is 0.146. The molecule has 2 atom stereocenters. The van der Waals surface area contributed by atoms with E-state index in [4.69, 9.17) is 5.73 Å². The normalized spacial score (nSPS) is 24.1. The number of likely N-dealkylation sites (tertiary alicyclic amines) is 1. The molecule has 17 heavy (non-hydrogen) atoms. The second kappa shape index (κ2) is 7.67. The molecule has 1 heterocycles. The third-order valence-corrected chi connectivity index (χ3v) is 3.62. The lowest BCUT2D eigenvalue weighted by atomic mass is 10.1. The van der Waals surface area contributed by atoms with Gasteiger partial charge in [0.25, 0.3) is 0 Å². The summed E-state index contributed by atoms with van der Waals surface area (Å²) in [6.07, 6.45) is 5.79. The van der Waals surface area contributed by atoms with E-state index >= 15 is 0 Å². The summed E-state index contributed by atoms with van der Waals surface area (Å²) in [6.45, 7) is 6.50. The maximum absolute atomic E-state index is 12.0. The first-order valence-electron chi connectivity index (χ1n) is 6.94. The highest BCUT2D eigenvalue weighted by Crippen LogP contribution is 2.18. The summed E-state index contributed by atoms with van der Waals surface area (Å²) in [6, 6.07) is 0.327. The minimum atomic E-state index is -0.0480. The van der Waals surface area contributed by atoms with Gasteiger partial charge in [0.05, 0.1) is 6.04 Å². The molecule has 3 N–H and O–H groups in total. The lowest BCUT2D eigenvalue weighted by molar-refractivity contribution is -0.126. The van der Waals surface area contributed by atoms with Crippen molar-refractivity contribution in [2.45, 2.75) is 58.0 Å². The molecule has 0 aromatic rings. The number of nitrogens with two attached hydrogens (primary N) is 1. The molecular formula is C13H27N3O. The van der Waals surface area contributed by atoms with E-state index in [2.05, 4.69) is 17.1 Å². The van der Waals surface area contributed by atoms with E-state index < -0.39 is 0 Å². The van der Waals surface area contributed by atoms with Gasteiger partial charge in [-0.1, -0.05) is 19.8 Å². The first-order chi connectivity index (χ1) is 8.20. The minimum Gasteiger partial charge on any atom is -0.355 e. The van der Waals surface area contributed by atoms with Crippen LogP contribution < -0.4 is 11.1 Å². The van der Waals surface area contributed by atoms with Crippen LogP contribution >= 0.6 is 0 Å². The molecule has 0 aromatic carbocycles.